The molecule has 0 aromatic carbocycles. The van der Waals surface area contributed by atoms with Gasteiger partial charge in [0.1, 0.15) is 6.61 Å². The molecule has 1 aliphatic heterocycles. The first-order valence-electron chi connectivity index (χ1n) is 6.09. The molecule has 1 unspecified atom stereocenters. The van der Waals surface area contributed by atoms with Crippen molar-refractivity contribution >= 4 is 5.91 Å². The molecule has 0 aromatic heterocycles. The zero-order valence-corrected chi connectivity index (χ0v) is 10.6. The number of ether oxygens (including phenoxy) is 1. The van der Waals surface area contributed by atoms with Crippen LogP contribution in [-0.2, 0) is 9.53 Å². The van der Waals surface area contributed by atoms with Crippen LogP contribution < -0.4 is 10.6 Å². The molecule has 1 rings (SSSR count). The number of nitrogens with one attached hydrogen (secondary N) is 2. The van der Waals surface area contributed by atoms with E-state index in [0.717, 1.165) is 19.6 Å². The third kappa shape index (κ3) is 6.08. The van der Waals surface area contributed by atoms with Gasteiger partial charge in [-0.25, -0.2) is 0 Å². The highest BCUT2D eigenvalue weighted by Crippen LogP contribution is 2.08. The third-order valence-corrected chi connectivity index (χ3v) is 2.62. The fourth-order valence-electron chi connectivity index (χ4n) is 1.69. The molecule has 0 radical (unpaired) electrons. The van der Waals surface area contributed by atoms with Crippen LogP contribution in [-0.4, -0.2) is 37.7 Å². The maximum Gasteiger partial charge on any atom is 0.246 e. The monoisotopic (exact) mass is 228 g/mol. The molecule has 16 heavy (non-hydrogen) atoms. The first kappa shape index (κ1) is 13.5. The summed E-state index contributed by atoms with van der Waals surface area (Å²) in [5, 5.41) is 6.25. The summed E-state index contributed by atoms with van der Waals surface area (Å²) in [5.41, 5.74) is -0.246. The van der Waals surface area contributed by atoms with E-state index in [9.17, 15) is 4.79 Å². The van der Waals surface area contributed by atoms with Crippen LogP contribution in [0.4, 0.5) is 0 Å². The molecule has 2 N–H and O–H groups in total. The van der Waals surface area contributed by atoms with E-state index < -0.39 is 0 Å². The summed E-state index contributed by atoms with van der Waals surface area (Å²) in [5.74, 6) is 0.563. The molecule has 94 valence electrons. The van der Waals surface area contributed by atoms with E-state index in [0.29, 0.717) is 5.92 Å². The fourth-order valence-corrected chi connectivity index (χ4v) is 1.69. The molecule has 1 amide bonds. The first-order valence-corrected chi connectivity index (χ1v) is 6.09. The normalized spacial score (nSPS) is 21.8. The van der Waals surface area contributed by atoms with Crippen molar-refractivity contribution < 1.29 is 9.53 Å². The molecule has 1 heterocycles. The molecule has 1 fully saturated rings. The molecular weight excluding hydrogens is 204 g/mol. The van der Waals surface area contributed by atoms with Crippen molar-refractivity contribution in [2.45, 2.75) is 39.2 Å². The number of rotatable bonds is 4. The average molecular weight is 228 g/mol. The summed E-state index contributed by atoms with van der Waals surface area (Å²) in [4.78, 5) is 11.5. The Labute approximate surface area is 98.1 Å². The maximum atomic E-state index is 11.5. The quantitative estimate of drug-likeness (QED) is 0.752. The molecule has 4 heteroatoms. The van der Waals surface area contributed by atoms with Gasteiger partial charge in [0.2, 0.25) is 5.91 Å². The van der Waals surface area contributed by atoms with Gasteiger partial charge in [0.25, 0.3) is 0 Å². The molecular formula is C12H24N2O2. The Balaban J connectivity index is 2.09. The summed E-state index contributed by atoms with van der Waals surface area (Å²) in [7, 11) is 0. The van der Waals surface area contributed by atoms with Gasteiger partial charge in [-0.05, 0) is 52.6 Å². The number of hydrogen-bond acceptors (Lipinski definition) is 3. The molecule has 1 aliphatic rings. The number of carbonyl (C=O) groups excluding carboxylic acids is 1. The molecule has 1 atom stereocenters. The summed E-state index contributed by atoms with van der Waals surface area (Å²) in [6.45, 7) is 8.89. The minimum absolute atomic E-state index is 0.0134. The van der Waals surface area contributed by atoms with Crippen LogP contribution in [0, 0.1) is 5.92 Å². The van der Waals surface area contributed by atoms with Crippen molar-refractivity contribution in [2.24, 2.45) is 5.92 Å². The largest absolute Gasteiger partial charge is 0.366 e. The predicted octanol–water partition coefficient (Wildman–Crippen LogP) is 0.917. The van der Waals surface area contributed by atoms with E-state index in [1.165, 1.54) is 12.8 Å². The Hall–Kier alpha value is -0.610. The van der Waals surface area contributed by atoms with Gasteiger partial charge >= 0.3 is 0 Å². The second-order valence-electron chi connectivity index (χ2n) is 5.42. The zero-order valence-electron chi connectivity index (χ0n) is 10.6. The minimum Gasteiger partial charge on any atom is -0.366 e. The Morgan fingerprint density at radius 3 is 2.81 bits per heavy atom. The Kier molecular flexibility index (Phi) is 5.22. The van der Waals surface area contributed by atoms with E-state index in [1.54, 1.807) is 0 Å². The highest BCUT2D eigenvalue weighted by molar-refractivity contribution is 5.77. The number of hydrogen-bond donors (Lipinski definition) is 2. The maximum absolute atomic E-state index is 11.5. The molecule has 0 saturated carbocycles. The van der Waals surface area contributed by atoms with Gasteiger partial charge in [0.05, 0.1) is 5.60 Å². The second kappa shape index (κ2) is 6.21. The molecule has 1 saturated heterocycles. The van der Waals surface area contributed by atoms with Crippen LogP contribution in [0.1, 0.15) is 33.6 Å². The third-order valence-electron chi connectivity index (χ3n) is 2.62. The van der Waals surface area contributed by atoms with E-state index in [2.05, 4.69) is 10.6 Å². The highest BCUT2D eigenvalue weighted by Gasteiger charge is 2.15. The van der Waals surface area contributed by atoms with Crippen molar-refractivity contribution in [1.29, 1.82) is 0 Å². The minimum atomic E-state index is -0.246. The zero-order chi connectivity index (χ0) is 12.0. The van der Waals surface area contributed by atoms with Crippen LogP contribution >= 0.6 is 0 Å². The van der Waals surface area contributed by atoms with Gasteiger partial charge in [0.15, 0.2) is 0 Å². The second-order valence-corrected chi connectivity index (χ2v) is 5.42. The van der Waals surface area contributed by atoms with E-state index in [-0.39, 0.29) is 18.1 Å². The van der Waals surface area contributed by atoms with Crippen LogP contribution in [0.5, 0.6) is 0 Å². The van der Waals surface area contributed by atoms with Crippen molar-refractivity contribution in [2.75, 3.05) is 26.2 Å². The van der Waals surface area contributed by atoms with Gasteiger partial charge in [-0.3, -0.25) is 4.79 Å². The smallest absolute Gasteiger partial charge is 0.246 e. The van der Waals surface area contributed by atoms with E-state index >= 15 is 0 Å². The van der Waals surface area contributed by atoms with E-state index in [4.69, 9.17) is 4.74 Å². The standard InChI is InChI=1S/C12H24N2O2/c1-12(2,3)16-9-11(15)14-8-10-5-4-6-13-7-10/h10,13H,4-9H2,1-3H3,(H,14,15). The van der Waals surface area contributed by atoms with Crippen molar-refractivity contribution in [1.82, 2.24) is 10.6 Å². The number of amides is 1. The lowest BCUT2D eigenvalue weighted by atomic mass is 10.00. The van der Waals surface area contributed by atoms with Gasteiger partial charge < -0.3 is 15.4 Å². The Morgan fingerprint density at radius 2 is 2.25 bits per heavy atom. The van der Waals surface area contributed by atoms with Crippen LogP contribution in [0.25, 0.3) is 0 Å². The Bertz CT molecular complexity index is 218. The molecule has 0 bridgehead atoms. The van der Waals surface area contributed by atoms with Crippen molar-refractivity contribution in [3.63, 3.8) is 0 Å². The lowest BCUT2D eigenvalue weighted by molar-refractivity contribution is -0.130. The topological polar surface area (TPSA) is 50.4 Å². The van der Waals surface area contributed by atoms with Crippen LogP contribution in [0.3, 0.4) is 0 Å². The molecule has 0 aliphatic carbocycles. The molecule has 0 aromatic rings. The van der Waals surface area contributed by atoms with Crippen molar-refractivity contribution in [3.05, 3.63) is 0 Å². The highest BCUT2D eigenvalue weighted by atomic mass is 16.5. The van der Waals surface area contributed by atoms with Gasteiger partial charge in [-0.1, -0.05) is 0 Å². The molecule has 4 nitrogen and oxygen atoms in total. The van der Waals surface area contributed by atoms with E-state index in [1.807, 2.05) is 20.8 Å². The van der Waals surface area contributed by atoms with Gasteiger partial charge in [-0.2, -0.15) is 0 Å². The van der Waals surface area contributed by atoms with Crippen LogP contribution in [0.15, 0.2) is 0 Å². The lowest BCUT2D eigenvalue weighted by Crippen LogP contribution is -2.40. The summed E-state index contributed by atoms with van der Waals surface area (Å²) >= 11 is 0. The number of piperidine rings is 1. The van der Waals surface area contributed by atoms with Gasteiger partial charge in [0, 0.05) is 6.54 Å². The summed E-state index contributed by atoms with van der Waals surface area (Å²) in [6, 6.07) is 0. The first-order chi connectivity index (χ1) is 7.47. The SMILES string of the molecule is CC(C)(C)OCC(=O)NCC1CCCNC1. The lowest BCUT2D eigenvalue weighted by Gasteiger charge is -2.23. The Morgan fingerprint density at radius 1 is 1.50 bits per heavy atom. The van der Waals surface area contributed by atoms with Crippen molar-refractivity contribution in [3.8, 4) is 0 Å². The average Bonchev–Trinajstić information content (AvgIpc) is 2.24. The summed E-state index contributed by atoms with van der Waals surface area (Å²) in [6.07, 6.45) is 2.41. The van der Waals surface area contributed by atoms with Crippen LogP contribution in [0.2, 0.25) is 0 Å². The molecule has 0 spiro atoms. The van der Waals surface area contributed by atoms with Gasteiger partial charge in [-0.15, -0.1) is 0 Å². The predicted molar refractivity (Wildman–Crippen MR) is 64.3 cm³/mol. The number of carbonyl (C=O) groups is 1. The summed E-state index contributed by atoms with van der Waals surface area (Å²) < 4.78 is 5.40. The fraction of sp³-hybridized carbons (Fsp3) is 0.917.